The lowest BCUT2D eigenvalue weighted by Gasteiger charge is -2.55. The first kappa shape index (κ1) is 33.8. The summed E-state index contributed by atoms with van der Waals surface area (Å²) in [5, 5.41) is 14.0. The Labute approximate surface area is 317 Å². The number of anilines is 3. The zero-order valence-electron chi connectivity index (χ0n) is 29.1. The number of carbonyl (C=O) groups excluding carboxylic acids is 4. The fraction of sp³-hybridized carbons (Fsp3) is 0.174. The highest BCUT2D eigenvalue weighted by molar-refractivity contribution is 6.33. The number of fused-ring (bicyclic) bond motifs is 4. The van der Waals surface area contributed by atoms with Gasteiger partial charge in [-0.1, -0.05) is 108 Å². The Morgan fingerprint density at radius 1 is 0.722 bits per heavy atom. The number of nitrogens with zero attached hydrogens (tertiary/aromatic N) is 1. The number of allylic oxidation sites excluding steroid dienone is 4. The Morgan fingerprint density at radius 2 is 1.37 bits per heavy atom. The van der Waals surface area contributed by atoms with Crippen LogP contribution in [-0.4, -0.2) is 28.5 Å². The van der Waals surface area contributed by atoms with E-state index in [0.29, 0.717) is 34.4 Å². The number of aromatic hydroxyl groups is 1. The van der Waals surface area contributed by atoms with Gasteiger partial charge < -0.3 is 10.4 Å². The highest BCUT2D eigenvalue weighted by Gasteiger charge is 2.66. The molecule has 6 atom stereocenters. The molecule has 2 fully saturated rings. The largest absolute Gasteiger partial charge is 0.508 e. The third-order valence-corrected chi connectivity index (χ3v) is 12.2. The Hall–Kier alpha value is -6.05. The topological polar surface area (TPSA) is 104 Å². The van der Waals surface area contributed by atoms with Crippen molar-refractivity contribution in [1.29, 1.82) is 0 Å². The zero-order valence-corrected chi connectivity index (χ0v) is 29.8. The molecule has 54 heavy (non-hydrogen) atoms. The summed E-state index contributed by atoms with van der Waals surface area (Å²) in [5.74, 6) is -4.62. The Kier molecular flexibility index (Phi) is 8.20. The SMILES string of the molecule is O=C1C(c2ccccc2)=CC(=O)C2(c3ccccc3)C1CC1C(=CCC3C(=O)N(c4ccc(Nc5ccccc5)cc4)C(=O)C31)C2c1ccc(O)cc1Cl. The van der Waals surface area contributed by atoms with Gasteiger partial charge in [-0.3, -0.25) is 24.1 Å². The van der Waals surface area contributed by atoms with E-state index in [4.69, 9.17) is 11.6 Å². The van der Waals surface area contributed by atoms with E-state index in [9.17, 15) is 14.7 Å². The predicted molar refractivity (Wildman–Crippen MR) is 208 cm³/mol. The first-order valence-corrected chi connectivity index (χ1v) is 18.5. The van der Waals surface area contributed by atoms with E-state index in [2.05, 4.69) is 5.32 Å². The molecule has 0 aromatic heterocycles. The molecule has 5 aromatic carbocycles. The molecular formula is C46H35ClN2O5. The quantitative estimate of drug-likeness (QED) is 0.134. The van der Waals surface area contributed by atoms with Crippen molar-refractivity contribution in [3.63, 3.8) is 0 Å². The number of para-hydroxylation sites is 1. The second-order valence-electron chi connectivity index (χ2n) is 14.5. The summed E-state index contributed by atoms with van der Waals surface area (Å²) >= 11 is 6.98. The van der Waals surface area contributed by atoms with Crippen molar-refractivity contribution in [3.8, 4) is 5.75 Å². The molecule has 1 saturated carbocycles. The molecule has 2 N–H and O–H groups in total. The third-order valence-electron chi connectivity index (χ3n) is 11.9. The number of phenols is 1. The molecule has 0 spiro atoms. The lowest BCUT2D eigenvalue weighted by molar-refractivity contribution is -0.135. The smallest absolute Gasteiger partial charge is 0.238 e. The van der Waals surface area contributed by atoms with Crippen LogP contribution >= 0.6 is 11.6 Å². The maximum Gasteiger partial charge on any atom is 0.238 e. The maximum atomic E-state index is 15.2. The highest BCUT2D eigenvalue weighted by atomic mass is 35.5. The van der Waals surface area contributed by atoms with Gasteiger partial charge in [0.1, 0.15) is 5.75 Å². The molecule has 0 radical (unpaired) electrons. The van der Waals surface area contributed by atoms with Gasteiger partial charge in [0.25, 0.3) is 0 Å². The number of halogens is 1. The maximum absolute atomic E-state index is 15.2. The molecule has 4 aliphatic rings. The van der Waals surface area contributed by atoms with Crippen LogP contribution in [0.5, 0.6) is 5.75 Å². The first-order chi connectivity index (χ1) is 26.3. The van der Waals surface area contributed by atoms with Crippen LogP contribution in [0.4, 0.5) is 17.1 Å². The summed E-state index contributed by atoms with van der Waals surface area (Å²) in [4.78, 5) is 60.5. The molecule has 9 rings (SSSR count). The fourth-order valence-electron chi connectivity index (χ4n) is 9.61. The van der Waals surface area contributed by atoms with Gasteiger partial charge in [-0.15, -0.1) is 0 Å². The number of carbonyl (C=O) groups is 4. The number of Topliss-reactive ketones (excluding diaryl/α,β-unsaturated/α-hetero) is 1. The molecule has 3 aliphatic carbocycles. The van der Waals surface area contributed by atoms with Crippen LogP contribution < -0.4 is 10.2 Å². The number of ketones is 2. The number of rotatable bonds is 6. The summed E-state index contributed by atoms with van der Waals surface area (Å²) < 4.78 is 0. The number of benzene rings is 5. The lowest BCUT2D eigenvalue weighted by atomic mass is 9.44. The summed E-state index contributed by atoms with van der Waals surface area (Å²) in [6.07, 6.45) is 3.98. The minimum absolute atomic E-state index is 0.0337. The Bertz CT molecular complexity index is 2390. The van der Waals surface area contributed by atoms with Gasteiger partial charge in [0.15, 0.2) is 11.6 Å². The fourth-order valence-corrected chi connectivity index (χ4v) is 9.89. The van der Waals surface area contributed by atoms with Gasteiger partial charge in [-0.05, 0) is 90.1 Å². The Balaban J connectivity index is 1.18. The lowest BCUT2D eigenvalue weighted by Crippen LogP contribution is -2.58. The van der Waals surface area contributed by atoms with Gasteiger partial charge in [0.05, 0.1) is 22.9 Å². The van der Waals surface area contributed by atoms with E-state index in [0.717, 1.165) is 16.9 Å². The first-order valence-electron chi connectivity index (χ1n) is 18.2. The van der Waals surface area contributed by atoms with Gasteiger partial charge in [0.2, 0.25) is 11.8 Å². The molecule has 7 nitrogen and oxygen atoms in total. The van der Waals surface area contributed by atoms with Gasteiger partial charge >= 0.3 is 0 Å². The van der Waals surface area contributed by atoms with Gasteiger partial charge in [0, 0.05) is 33.8 Å². The van der Waals surface area contributed by atoms with Gasteiger partial charge in [-0.2, -0.15) is 0 Å². The zero-order chi connectivity index (χ0) is 37.1. The highest BCUT2D eigenvalue weighted by Crippen LogP contribution is 2.64. The van der Waals surface area contributed by atoms with E-state index >= 15 is 9.59 Å². The minimum Gasteiger partial charge on any atom is -0.508 e. The molecule has 1 saturated heterocycles. The van der Waals surface area contributed by atoms with Crippen LogP contribution in [0.25, 0.3) is 5.57 Å². The third kappa shape index (κ3) is 5.17. The van der Waals surface area contributed by atoms with Crippen LogP contribution in [0.3, 0.4) is 0 Å². The van der Waals surface area contributed by atoms with Gasteiger partial charge in [-0.25, -0.2) is 0 Å². The summed E-state index contributed by atoms with van der Waals surface area (Å²) in [6, 6.07) is 40.2. The van der Waals surface area contributed by atoms with Crippen LogP contribution in [-0.2, 0) is 24.6 Å². The van der Waals surface area contributed by atoms with E-state index in [1.165, 1.54) is 23.1 Å². The summed E-state index contributed by atoms with van der Waals surface area (Å²) in [7, 11) is 0. The molecule has 5 aromatic rings. The van der Waals surface area contributed by atoms with Crippen molar-refractivity contribution in [3.05, 3.63) is 173 Å². The van der Waals surface area contributed by atoms with Crippen molar-refractivity contribution in [2.24, 2.45) is 23.7 Å². The Morgan fingerprint density at radius 3 is 2.06 bits per heavy atom. The number of amides is 2. The summed E-state index contributed by atoms with van der Waals surface area (Å²) in [6.45, 7) is 0. The average Bonchev–Trinajstić information content (AvgIpc) is 3.45. The van der Waals surface area contributed by atoms with Crippen LogP contribution in [0, 0.1) is 23.7 Å². The molecule has 8 heteroatoms. The second-order valence-corrected chi connectivity index (χ2v) is 15.0. The average molecular weight is 731 g/mol. The van der Waals surface area contributed by atoms with Crippen molar-refractivity contribution >= 4 is 57.6 Å². The number of hydrogen-bond acceptors (Lipinski definition) is 6. The number of imide groups is 1. The molecule has 1 heterocycles. The normalized spacial score (nSPS) is 26.0. The van der Waals surface area contributed by atoms with Crippen molar-refractivity contribution in [1.82, 2.24) is 0 Å². The monoisotopic (exact) mass is 730 g/mol. The minimum atomic E-state index is -1.40. The molecule has 1 aliphatic heterocycles. The number of nitrogens with one attached hydrogen (secondary N) is 1. The summed E-state index contributed by atoms with van der Waals surface area (Å²) in [5.41, 5.74) is 3.83. The van der Waals surface area contributed by atoms with Crippen molar-refractivity contribution in [2.45, 2.75) is 24.2 Å². The molecule has 266 valence electrons. The van der Waals surface area contributed by atoms with E-state index in [1.54, 1.807) is 18.2 Å². The van der Waals surface area contributed by atoms with Crippen LogP contribution in [0.15, 0.2) is 151 Å². The van der Waals surface area contributed by atoms with Crippen LogP contribution in [0.2, 0.25) is 5.02 Å². The molecule has 0 bridgehead atoms. The molecule has 6 unspecified atom stereocenters. The molecule has 2 amide bonds. The standard InChI is InChI=1S/C46H35ClN2O5/c47-39-24-32(50)20-21-34(39)42-33-22-23-35-41(45(54)49(44(35)53)31-18-16-30(17-19-31)48-29-14-8-3-9-15-29)37(33)25-38-43(52)36(27-10-4-1-5-11-27)26-40(51)46(38,42)28-12-6-2-7-13-28/h1-22,24,26,35,37-38,41-42,48,50H,23,25H2. The van der Waals surface area contributed by atoms with E-state index < -0.39 is 35.0 Å². The van der Waals surface area contributed by atoms with Crippen molar-refractivity contribution in [2.75, 3.05) is 10.2 Å². The number of phenolic OH excluding ortho intramolecular Hbond substituents is 1. The predicted octanol–water partition coefficient (Wildman–Crippen LogP) is 8.82. The van der Waals surface area contributed by atoms with E-state index in [1.807, 2.05) is 109 Å². The van der Waals surface area contributed by atoms with Crippen LogP contribution in [0.1, 0.15) is 35.4 Å². The van der Waals surface area contributed by atoms with E-state index in [-0.39, 0.29) is 40.6 Å². The molecular weight excluding hydrogens is 696 g/mol. The van der Waals surface area contributed by atoms with Crippen molar-refractivity contribution < 1.29 is 24.3 Å². The second kappa shape index (κ2) is 13.1. The number of hydrogen-bond donors (Lipinski definition) is 2.